The van der Waals surface area contributed by atoms with Gasteiger partial charge in [0.1, 0.15) is 11.5 Å². The van der Waals surface area contributed by atoms with Crippen LogP contribution in [0.2, 0.25) is 0 Å². The Bertz CT molecular complexity index is 937. The average Bonchev–Trinajstić information content (AvgIpc) is 2.91. The van der Waals surface area contributed by atoms with Crippen LogP contribution in [0.25, 0.3) is 10.9 Å². The van der Waals surface area contributed by atoms with E-state index in [1.54, 1.807) is 36.4 Å². The Kier molecular flexibility index (Phi) is 2.94. The molecule has 114 valence electrons. The monoisotopic (exact) mass is 306 g/mol. The maximum atomic E-state index is 12.7. The number of carbonyl (C=O) groups excluding carboxylic acids is 1. The van der Waals surface area contributed by atoms with E-state index in [0.717, 1.165) is 11.3 Å². The molecule has 5 heteroatoms. The van der Waals surface area contributed by atoms with Crippen molar-refractivity contribution in [2.45, 2.75) is 6.54 Å². The van der Waals surface area contributed by atoms with Crippen LogP contribution in [-0.2, 0) is 6.54 Å². The van der Waals surface area contributed by atoms with E-state index in [9.17, 15) is 9.90 Å². The molecule has 23 heavy (non-hydrogen) atoms. The van der Waals surface area contributed by atoms with E-state index in [1.807, 2.05) is 18.2 Å². The lowest BCUT2D eigenvalue weighted by Gasteiger charge is -2.16. The van der Waals surface area contributed by atoms with Crippen LogP contribution >= 0.6 is 0 Å². The predicted octanol–water partition coefficient (Wildman–Crippen LogP) is 3.11. The van der Waals surface area contributed by atoms with Gasteiger partial charge in [0.2, 0.25) is 0 Å². The third kappa shape index (κ3) is 2.09. The first kappa shape index (κ1) is 13.6. The predicted molar refractivity (Wildman–Crippen MR) is 86.9 cm³/mol. The molecule has 0 bridgehead atoms. The van der Waals surface area contributed by atoms with Gasteiger partial charge in [-0.2, -0.15) is 0 Å². The van der Waals surface area contributed by atoms with Crippen molar-refractivity contribution in [1.82, 2.24) is 4.98 Å². The lowest BCUT2D eigenvalue weighted by atomic mass is 10.1. The van der Waals surface area contributed by atoms with E-state index in [4.69, 9.17) is 4.74 Å². The number of benzene rings is 2. The molecular formula is C18H14N2O3. The quantitative estimate of drug-likeness (QED) is 0.790. The highest BCUT2D eigenvalue weighted by Gasteiger charge is 2.29. The minimum absolute atomic E-state index is 0.0679. The Morgan fingerprint density at radius 1 is 1.17 bits per heavy atom. The topological polar surface area (TPSA) is 62.7 Å². The zero-order valence-electron chi connectivity index (χ0n) is 12.5. The van der Waals surface area contributed by atoms with Crippen molar-refractivity contribution in [1.29, 1.82) is 0 Å². The van der Waals surface area contributed by atoms with Gasteiger partial charge in [0.05, 0.1) is 19.2 Å². The lowest BCUT2D eigenvalue weighted by Crippen LogP contribution is -2.22. The summed E-state index contributed by atoms with van der Waals surface area (Å²) < 4.78 is 5.19. The molecule has 2 heterocycles. The minimum atomic E-state index is -0.0679. The first-order valence-electron chi connectivity index (χ1n) is 7.24. The number of ether oxygens (including phenoxy) is 1. The summed E-state index contributed by atoms with van der Waals surface area (Å²) in [4.78, 5) is 18.6. The Morgan fingerprint density at radius 2 is 2.04 bits per heavy atom. The molecule has 0 saturated carbocycles. The van der Waals surface area contributed by atoms with Gasteiger partial charge in [-0.1, -0.05) is 6.07 Å². The second kappa shape index (κ2) is 4.98. The molecule has 0 aliphatic carbocycles. The summed E-state index contributed by atoms with van der Waals surface area (Å²) >= 11 is 0. The van der Waals surface area contributed by atoms with E-state index in [2.05, 4.69) is 4.98 Å². The molecule has 4 rings (SSSR count). The van der Waals surface area contributed by atoms with Crippen molar-refractivity contribution in [3.05, 3.63) is 59.8 Å². The number of hydrogen-bond acceptors (Lipinski definition) is 4. The van der Waals surface area contributed by atoms with Crippen molar-refractivity contribution in [3.8, 4) is 11.5 Å². The van der Waals surface area contributed by atoms with Crippen molar-refractivity contribution < 1.29 is 14.6 Å². The highest BCUT2D eigenvalue weighted by molar-refractivity contribution is 6.11. The summed E-state index contributed by atoms with van der Waals surface area (Å²) in [5.41, 5.74) is 3.05. The van der Waals surface area contributed by atoms with Crippen LogP contribution in [0.15, 0.2) is 48.7 Å². The third-order valence-corrected chi connectivity index (χ3v) is 4.13. The molecule has 1 aliphatic heterocycles. The molecule has 0 fully saturated rings. The Balaban J connectivity index is 1.77. The molecule has 1 amide bonds. The fraction of sp³-hybridized carbons (Fsp3) is 0.111. The summed E-state index contributed by atoms with van der Waals surface area (Å²) in [5, 5.41) is 10.6. The summed E-state index contributed by atoms with van der Waals surface area (Å²) in [6.07, 6.45) is 1.56. The number of carbonyl (C=O) groups is 1. The lowest BCUT2D eigenvalue weighted by molar-refractivity contribution is 0.0996. The number of methoxy groups -OCH3 is 1. The van der Waals surface area contributed by atoms with Crippen LogP contribution in [0.1, 0.15) is 15.9 Å². The van der Waals surface area contributed by atoms with Gasteiger partial charge in [0.25, 0.3) is 5.91 Å². The maximum Gasteiger partial charge on any atom is 0.259 e. The zero-order valence-corrected chi connectivity index (χ0v) is 12.5. The van der Waals surface area contributed by atoms with Crippen molar-refractivity contribution >= 4 is 22.5 Å². The number of rotatable bonds is 2. The van der Waals surface area contributed by atoms with Crippen LogP contribution in [0.4, 0.5) is 5.69 Å². The van der Waals surface area contributed by atoms with E-state index in [-0.39, 0.29) is 11.7 Å². The van der Waals surface area contributed by atoms with Gasteiger partial charge in [0, 0.05) is 22.8 Å². The van der Waals surface area contributed by atoms with Crippen LogP contribution in [0, 0.1) is 0 Å². The Hall–Kier alpha value is -3.08. The van der Waals surface area contributed by atoms with Gasteiger partial charge in [-0.15, -0.1) is 0 Å². The fourth-order valence-corrected chi connectivity index (χ4v) is 2.90. The molecule has 0 saturated heterocycles. The highest BCUT2D eigenvalue weighted by atomic mass is 16.5. The molecule has 1 aliphatic rings. The Labute approximate surface area is 132 Å². The molecular weight excluding hydrogens is 292 g/mol. The number of aromatic hydroxyl groups is 1. The number of pyridine rings is 1. The number of nitrogens with zero attached hydrogens (tertiary/aromatic N) is 2. The average molecular weight is 306 g/mol. The summed E-state index contributed by atoms with van der Waals surface area (Å²) in [6.45, 7) is 0.505. The second-order valence-corrected chi connectivity index (χ2v) is 5.45. The molecule has 3 aromatic rings. The second-order valence-electron chi connectivity index (χ2n) is 5.45. The van der Waals surface area contributed by atoms with Gasteiger partial charge in [-0.05, 0) is 42.0 Å². The summed E-state index contributed by atoms with van der Waals surface area (Å²) in [6, 6.07) is 12.5. The van der Waals surface area contributed by atoms with Crippen molar-refractivity contribution in [3.63, 3.8) is 0 Å². The molecule has 2 aromatic carbocycles. The third-order valence-electron chi connectivity index (χ3n) is 4.13. The molecule has 0 unspecified atom stereocenters. The molecule has 0 radical (unpaired) electrons. The molecule has 0 spiro atoms. The SMILES string of the molecule is COc1ccc2c(c1)C(=O)N(c1ccc3nccc(O)c3c1)C2. The summed E-state index contributed by atoms with van der Waals surface area (Å²) in [5.74, 6) is 0.753. The van der Waals surface area contributed by atoms with E-state index in [0.29, 0.717) is 28.8 Å². The van der Waals surface area contributed by atoms with Gasteiger partial charge in [0.15, 0.2) is 0 Å². The van der Waals surface area contributed by atoms with Gasteiger partial charge >= 0.3 is 0 Å². The minimum Gasteiger partial charge on any atom is -0.507 e. The van der Waals surface area contributed by atoms with Crippen LogP contribution in [0.5, 0.6) is 11.5 Å². The number of aromatic nitrogens is 1. The number of fused-ring (bicyclic) bond motifs is 2. The first-order valence-corrected chi connectivity index (χ1v) is 7.24. The highest BCUT2D eigenvalue weighted by Crippen LogP contribution is 2.33. The van der Waals surface area contributed by atoms with Gasteiger partial charge in [-0.3, -0.25) is 9.78 Å². The smallest absolute Gasteiger partial charge is 0.259 e. The number of amides is 1. The summed E-state index contributed by atoms with van der Waals surface area (Å²) in [7, 11) is 1.58. The maximum absolute atomic E-state index is 12.7. The fourth-order valence-electron chi connectivity index (χ4n) is 2.90. The standard InChI is InChI=1S/C18H14N2O3/c1-23-13-4-2-11-10-20(18(22)14(11)9-13)12-3-5-16-15(8-12)17(21)6-7-19-16/h2-9H,10H2,1H3,(H,19,21). The number of hydrogen-bond donors (Lipinski definition) is 1. The van der Waals surface area contributed by atoms with E-state index < -0.39 is 0 Å². The molecule has 1 aromatic heterocycles. The normalized spacial score (nSPS) is 13.4. The van der Waals surface area contributed by atoms with Crippen molar-refractivity contribution in [2.24, 2.45) is 0 Å². The van der Waals surface area contributed by atoms with Gasteiger partial charge in [-0.25, -0.2) is 0 Å². The zero-order chi connectivity index (χ0) is 16.0. The van der Waals surface area contributed by atoms with E-state index >= 15 is 0 Å². The van der Waals surface area contributed by atoms with Crippen LogP contribution < -0.4 is 9.64 Å². The molecule has 1 N–H and O–H groups in total. The molecule has 0 atom stereocenters. The van der Waals surface area contributed by atoms with E-state index in [1.165, 1.54) is 6.07 Å². The largest absolute Gasteiger partial charge is 0.507 e. The molecule has 5 nitrogen and oxygen atoms in total. The first-order chi connectivity index (χ1) is 11.2. The van der Waals surface area contributed by atoms with Crippen LogP contribution in [-0.4, -0.2) is 23.1 Å². The van der Waals surface area contributed by atoms with Crippen LogP contribution in [0.3, 0.4) is 0 Å². The van der Waals surface area contributed by atoms with Gasteiger partial charge < -0.3 is 14.7 Å². The number of anilines is 1. The Morgan fingerprint density at radius 3 is 2.87 bits per heavy atom. The van der Waals surface area contributed by atoms with Crippen molar-refractivity contribution in [2.75, 3.05) is 12.0 Å².